The highest BCUT2D eigenvalue weighted by atomic mass is 35.5. The van der Waals surface area contributed by atoms with Gasteiger partial charge in [-0.05, 0) is 38.0 Å². The Morgan fingerprint density at radius 1 is 1.30 bits per heavy atom. The van der Waals surface area contributed by atoms with Crippen LogP contribution in [0.15, 0.2) is 24.3 Å². The summed E-state index contributed by atoms with van der Waals surface area (Å²) in [4.78, 5) is 16.2. The Bertz CT molecular complexity index is 537. The average Bonchev–Trinajstić information content (AvgIpc) is 3.07. The van der Waals surface area contributed by atoms with Crippen molar-refractivity contribution in [1.29, 1.82) is 0 Å². The monoisotopic (exact) mass is 336 g/mol. The maximum absolute atomic E-state index is 12.4. The molecule has 2 fully saturated rings. The Morgan fingerprint density at radius 3 is 2.65 bits per heavy atom. The topological polar surface area (TPSA) is 36.8 Å². The number of piperazine rings is 1. The molecule has 0 radical (unpaired) electrons. The summed E-state index contributed by atoms with van der Waals surface area (Å²) in [6.07, 6.45) is 4.81. The van der Waals surface area contributed by atoms with Crippen LogP contribution >= 0.6 is 11.6 Å². The number of benzene rings is 1. The van der Waals surface area contributed by atoms with Crippen molar-refractivity contribution in [2.24, 2.45) is 0 Å². The van der Waals surface area contributed by atoms with Crippen LogP contribution in [0.4, 0.5) is 5.69 Å². The number of anilines is 1. The van der Waals surface area contributed by atoms with Crippen LogP contribution in [0.1, 0.15) is 32.6 Å². The maximum atomic E-state index is 12.4. The number of rotatable bonds is 4. The van der Waals surface area contributed by atoms with Crippen LogP contribution in [-0.4, -0.2) is 44.2 Å². The fourth-order valence-electron chi connectivity index (χ4n) is 3.74. The molecule has 0 aromatic heterocycles. The van der Waals surface area contributed by atoms with Crippen molar-refractivity contribution >= 4 is 23.2 Å². The summed E-state index contributed by atoms with van der Waals surface area (Å²) in [5.41, 5.74) is 1.18. The van der Waals surface area contributed by atoms with Crippen molar-refractivity contribution in [3.63, 3.8) is 0 Å². The second kappa shape index (κ2) is 7.54. The number of carbonyl (C=O) groups excluding carboxylic acids is 1. The molecule has 0 unspecified atom stereocenters. The number of nitrogens with one attached hydrogen (secondary N) is 2. The normalized spacial score (nSPS) is 21.4. The largest absolute Gasteiger partial charge is 0.360 e. The Hall–Kier alpha value is -1.26. The lowest BCUT2D eigenvalue weighted by Crippen LogP contribution is -3.19. The molecule has 1 aromatic carbocycles. The summed E-state index contributed by atoms with van der Waals surface area (Å²) >= 11 is 6.08. The summed E-state index contributed by atoms with van der Waals surface area (Å²) < 4.78 is 0. The Kier molecular flexibility index (Phi) is 5.44. The van der Waals surface area contributed by atoms with Gasteiger partial charge in [0.25, 0.3) is 5.91 Å². The molecule has 5 heteroatoms. The first-order chi connectivity index (χ1) is 11.1. The van der Waals surface area contributed by atoms with Gasteiger partial charge in [0.1, 0.15) is 0 Å². The van der Waals surface area contributed by atoms with Crippen LogP contribution in [0.5, 0.6) is 0 Å². The number of carbonyl (C=O) groups is 1. The minimum Gasteiger partial charge on any atom is -0.360 e. The van der Waals surface area contributed by atoms with Gasteiger partial charge in [-0.15, -0.1) is 0 Å². The SMILES string of the molecule is C[C@@H](C(=O)NC1CCCC1)[NH+]1CCN(c2cccc(Cl)c2)CC1. The van der Waals surface area contributed by atoms with Crippen LogP contribution < -0.4 is 15.1 Å². The minimum atomic E-state index is 0.0390. The van der Waals surface area contributed by atoms with E-state index < -0.39 is 0 Å². The number of halogens is 1. The predicted octanol–water partition coefficient (Wildman–Crippen LogP) is 1.49. The quantitative estimate of drug-likeness (QED) is 0.874. The van der Waals surface area contributed by atoms with Crippen LogP contribution in [-0.2, 0) is 4.79 Å². The van der Waals surface area contributed by atoms with E-state index in [9.17, 15) is 4.79 Å². The second-order valence-electron chi connectivity index (χ2n) is 6.84. The van der Waals surface area contributed by atoms with Gasteiger partial charge in [0, 0.05) is 16.8 Å². The number of hydrogen-bond donors (Lipinski definition) is 2. The smallest absolute Gasteiger partial charge is 0.278 e. The molecule has 2 aliphatic rings. The number of quaternary nitrogens is 1. The fraction of sp³-hybridized carbons (Fsp3) is 0.611. The van der Waals surface area contributed by atoms with E-state index in [4.69, 9.17) is 11.6 Å². The molecule has 2 N–H and O–H groups in total. The number of nitrogens with zero attached hydrogens (tertiary/aromatic N) is 1. The average molecular weight is 337 g/mol. The Morgan fingerprint density at radius 2 is 2.00 bits per heavy atom. The molecule has 23 heavy (non-hydrogen) atoms. The first-order valence-corrected chi connectivity index (χ1v) is 9.17. The molecule has 1 aliphatic carbocycles. The van der Waals surface area contributed by atoms with Gasteiger partial charge in [-0.1, -0.05) is 30.5 Å². The third-order valence-electron chi connectivity index (χ3n) is 5.29. The summed E-state index contributed by atoms with van der Waals surface area (Å²) in [6, 6.07) is 8.47. The van der Waals surface area contributed by atoms with E-state index in [-0.39, 0.29) is 11.9 Å². The summed E-state index contributed by atoms with van der Waals surface area (Å²) in [6.45, 7) is 5.99. The van der Waals surface area contributed by atoms with Crippen molar-refractivity contribution < 1.29 is 9.69 Å². The first kappa shape index (κ1) is 16.6. The molecule has 4 nitrogen and oxygen atoms in total. The highest BCUT2D eigenvalue weighted by Crippen LogP contribution is 2.19. The van der Waals surface area contributed by atoms with Gasteiger partial charge in [-0.2, -0.15) is 0 Å². The van der Waals surface area contributed by atoms with Gasteiger partial charge in [-0.3, -0.25) is 4.79 Å². The van der Waals surface area contributed by atoms with Crippen molar-refractivity contribution in [3.05, 3.63) is 29.3 Å². The van der Waals surface area contributed by atoms with Crippen molar-refractivity contribution in [2.75, 3.05) is 31.1 Å². The van der Waals surface area contributed by atoms with Crippen LogP contribution in [0, 0.1) is 0 Å². The van der Waals surface area contributed by atoms with E-state index >= 15 is 0 Å². The van der Waals surface area contributed by atoms with Gasteiger partial charge in [0.15, 0.2) is 6.04 Å². The zero-order valence-corrected chi connectivity index (χ0v) is 14.6. The lowest BCUT2D eigenvalue weighted by molar-refractivity contribution is -0.914. The predicted molar refractivity (Wildman–Crippen MR) is 94.2 cm³/mol. The third-order valence-corrected chi connectivity index (χ3v) is 5.52. The number of hydrogen-bond acceptors (Lipinski definition) is 2. The van der Waals surface area contributed by atoms with Crippen molar-refractivity contribution in [3.8, 4) is 0 Å². The minimum absolute atomic E-state index is 0.0390. The summed E-state index contributed by atoms with van der Waals surface area (Å²) in [5, 5.41) is 4.01. The first-order valence-electron chi connectivity index (χ1n) is 8.79. The Balaban J connectivity index is 1.50. The molecule has 1 saturated carbocycles. The van der Waals surface area contributed by atoms with Crippen LogP contribution in [0.3, 0.4) is 0 Å². The summed E-state index contributed by atoms with van der Waals surface area (Å²) in [7, 11) is 0. The molecule has 1 heterocycles. The molecule has 1 saturated heterocycles. The molecule has 126 valence electrons. The molecule has 1 atom stereocenters. The number of amides is 1. The lowest BCUT2D eigenvalue weighted by atomic mass is 10.1. The molecule has 1 aromatic rings. The van der Waals surface area contributed by atoms with E-state index in [1.54, 1.807) is 0 Å². The van der Waals surface area contributed by atoms with E-state index in [0.29, 0.717) is 6.04 Å². The van der Waals surface area contributed by atoms with Crippen molar-refractivity contribution in [1.82, 2.24) is 5.32 Å². The van der Waals surface area contributed by atoms with Crippen LogP contribution in [0.25, 0.3) is 0 Å². The zero-order valence-electron chi connectivity index (χ0n) is 13.9. The van der Waals surface area contributed by atoms with E-state index in [1.807, 2.05) is 18.2 Å². The van der Waals surface area contributed by atoms with Gasteiger partial charge in [0.05, 0.1) is 26.2 Å². The highest BCUT2D eigenvalue weighted by molar-refractivity contribution is 6.30. The van der Waals surface area contributed by atoms with Gasteiger partial charge in [0.2, 0.25) is 0 Å². The molecule has 1 aliphatic heterocycles. The van der Waals surface area contributed by atoms with E-state index in [2.05, 4.69) is 23.2 Å². The van der Waals surface area contributed by atoms with Gasteiger partial charge in [-0.25, -0.2) is 0 Å². The second-order valence-corrected chi connectivity index (χ2v) is 7.27. The van der Waals surface area contributed by atoms with Gasteiger partial charge >= 0.3 is 0 Å². The maximum Gasteiger partial charge on any atom is 0.278 e. The molecular formula is C18H27ClN3O+. The fourth-order valence-corrected chi connectivity index (χ4v) is 3.92. The van der Waals surface area contributed by atoms with Crippen LogP contribution in [0.2, 0.25) is 5.02 Å². The third kappa shape index (κ3) is 4.18. The molecule has 3 rings (SSSR count). The Labute approximate surface area is 143 Å². The summed E-state index contributed by atoms with van der Waals surface area (Å²) in [5.74, 6) is 0.225. The van der Waals surface area contributed by atoms with E-state index in [1.165, 1.54) is 23.4 Å². The molecular weight excluding hydrogens is 310 g/mol. The standard InChI is InChI=1S/C18H26ClN3O/c1-14(18(23)20-16-6-2-3-7-16)21-9-11-22(12-10-21)17-8-4-5-15(19)13-17/h4-5,8,13-14,16H,2-3,6-7,9-12H2,1H3,(H,20,23)/p+1/t14-/m0/s1. The zero-order chi connectivity index (χ0) is 16.2. The van der Waals surface area contributed by atoms with Gasteiger partial charge < -0.3 is 15.1 Å². The van der Waals surface area contributed by atoms with E-state index in [0.717, 1.165) is 44.0 Å². The highest BCUT2D eigenvalue weighted by Gasteiger charge is 2.30. The van der Waals surface area contributed by atoms with Crippen molar-refractivity contribution in [2.45, 2.75) is 44.7 Å². The molecule has 0 spiro atoms. The molecule has 1 amide bonds. The lowest BCUT2D eigenvalue weighted by Gasteiger charge is -2.36. The molecule has 0 bridgehead atoms.